The van der Waals surface area contributed by atoms with Crippen molar-refractivity contribution in [2.75, 3.05) is 19.0 Å². The van der Waals surface area contributed by atoms with Gasteiger partial charge in [-0.1, -0.05) is 18.2 Å². The van der Waals surface area contributed by atoms with Gasteiger partial charge in [-0.25, -0.2) is 0 Å². The lowest BCUT2D eigenvalue weighted by atomic mass is 10.1. The van der Waals surface area contributed by atoms with E-state index in [4.69, 9.17) is 0 Å². The number of nitrogens with zero attached hydrogens (tertiary/aromatic N) is 3. The Morgan fingerprint density at radius 1 is 1.14 bits per heavy atom. The minimum Gasteiger partial charge on any atom is -0.378 e. The molecule has 0 saturated carbocycles. The summed E-state index contributed by atoms with van der Waals surface area (Å²) in [6.45, 7) is 1.71. The second-order valence-corrected chi connectivity index (χ2v) is 4.92. The minimum absolute atomic E-state index is 0.0904. The minimum atomic E-state index is -0.389. The van der Waals surface area contributed by atoms with Crippen molar-refractivity contribution in [2.24, 2.45) is 4.99 Å². The third-order valence-electron chi connectivity index (χ3n) is 3.24. The number of benzene rings is 2. The van der Waals surface area contributed by atoms with E-state index < -0.39 is 0 Å². The summed E-state index contributed by atoms with van der Waals surface area (Å²) in [5.41, 5.74) is 3.34. The van der Waals surface area contributed by atoms with Gasteiger partial charge in [0.05, 0.1) is 16.2 Å². The van der Waals surface area contributed by atoms with Crippen LogP contribution < -0.4 is 4.90 Å². The van der Waals surface area contributed by atoms with Crippen molar-refractivity contribution >= 4 is 23.3 Å². The highest BCUT2D eigenvalue weighted by Gasteiger charge is 2.12. The number of aliphatic imine (C=N–C) groups is 1. The molecular formula is C16H17N3O2. The van der Waals surface area contributed by atoms with Gasteiger partial charge in [0, 0.05) is 32.1 Å². The Labute approximate surface area is 123 Å². The standard InChI is InChI=1S/C16H17N3O2/c1-12-15(5-4-6-16(12)19(20)21)17-11-13-7-9-14(10-8-13)18(2)3/h4-11H,1-3H3. The summed E-state index contributed by atoms with van der Waals surface area (Å²) in [4.78, 5) is 16.9. The van der Waals surface area contributed by atoms with Gasteiger partial charge in [0.25, 0.3) is 5.69 Å². The molecule has 0 bridgehead atoms. The number of anilines is 1. The van der Waals surface area contributed by atoms with E-state index in [9.17, 15) is 10.1 Å². The van der Waals surface area contributed by atoms with Crippen LogP contribution in [0.5, 0.6) is 0 Å². The molecule has 108 valence electrons. The smallest absolute Gasteiger partial charge is 0.274 e. The molecule has 2 aromatic rings. The Hall–Kier alpha value is -2.69. The van der Waals surface area contributed by atoms with E-state index in [1.807, 2.05) is 43.3 Å². The third kappa shape index (κ3) is 3.45. The average Bonchev–Trinajstić information content (AvgIpc) is 2.46. The Balaban J connectivity index is 2.25. The largest absolute Gasteiger partial charge is 0.378 e. The maximum atomic E-state index is 10.9. The maximum absolute atomic E-state index is 10.9. The molecule has 0 aliphatic carbocycles. The van der Waals surface area contributed by atoms with Crippen molar-refractivity contribution in [1.82, 2.24) is 0 Å². The molecule has 0 amide bonds. The highest BCUT2D eigenvalue weighted by Crippen LogP contribution is 2.27. The SMILES string of the molecule is Cc1c(N=Cc2ccc(N(C)C)cc2)cccc1[N+](=O)[O-]. The molecule has 0 aromatic heterocycles. The summed E-state index contributed by atoms with van der Waals surface area (Å²) in [7, 11) is 3.96. The molecule has 0 aliphatic rings. The molecule has 0 saturated heterocycles. The third-order valence-corrected chi connectivity index (χ3v) is 3.24. The molecule has 0 aliphatic heterocycles. The molecule has 0 N–H and O–H groups in total. The van der Waals surface area contributed by atoms with E-state index in [0.717, 1.165) is 11.3 Å². The molecule has 2 aromatic carbocycles. The highest BCUT2D eigenvalue weighted by molar-refractivity contribution is 5.83. The van der Waals surface area contributed by atoms with Gasteiger partial charge in [-0.15, -0.1) is 0 Å². The zero-order valence-corrected chi connectivity index (χ0v) is 12.3. The number of nitro benzene ring substituents is 1. The van der Waals surface area contributed by atoms with Crippen LogP contribution in [0.1, 0.15) is 11.1 Å². The van der Waals surface area contributed by atoms with Crippen LogP contribution in [-0.4, -0.2) is 25.2 Å². The van der Waals surface area contributed by atoms with E-state index in [1.165, 1.54) is 6.07 Å². The van der Waals surface area contributed by atoms with E-state index >= 15 is 0 Å². The fourth-order valence-electron chi connectivity index (χ4n) is 1.95. The van der Waals surface area contributed by atoms with Gasteiger partial charge in [-0.2, -0.15) is 0 Å². The zero-order valence-electron chi connectivity index (χ0n) is 12.3. The first-order valence-electron chi connectivity index (χ1n) is 6.54. The molecule has 5 nitrogen and oxygen atoms in total. The second kappa shape index (κ2) is 6.17. The number of nitro groups is 1. The molecule has 0 radical (unpaired) electrons. The summed E-state index contributed by atoms with van der Waals surface area (Å²) < 4.78 is 0. The fraction of sp³-hybridized carbons (Fsp3) is 0.188. The topological polar surface area (TPSA) is 58.7 Å². The lowest BCUT2D eigenvalue weighted by molar-refractivity contribution is -0.385. The summed E-state index contributed by atoms with van der Waals surface area (Å²) in [6.07, 6.45) is 1.71. The van der Waals surface area contributed by atoms with Gasteiger partial charge >= 0.3 is 0 Å². The molecular weight excluding hydrogens is 266 g/mol. The Kier molecular flexibility index (Phi) is 4.33. The van der Waals surface area contributed by atoms with Crippen LogP contribution in [-0.2, 0) is 0 Å². The van der Waals surface area contributed by atoms with Gasteiger partial charge < -0.3 is 4.90 Å². The number of hydrogen-bond acceptors (Lipinski definition) is 4. The lowest BCUT2D eigenvalue weighted by Crippen LogP contribution is -2.08. The average molecular weight is 283 g/mol. The van der Waals surface area contributed by atoms with Crippen LogP contribution in [0.4, 0.5) is 17.1 Å². The van der Waals surface area contributed by atoms with Crippen LogP contribution in [0, 0.1) is 17.0 Å². The monoisotopic (exact) mass is 283 g/mol. The summed E-state index contributed by atoms with van der Waals surface area (Å²) >= 11 is 0. The van der Waals surface area contributed by atoms with Crippen molar-refractivity contribution in [3.05, 3.63) is 63.7 Å². The molecule has 0 heterocycles. The highest BCUT2D eigenvalue weighted by atomic mass is 16.6. The van der Waals surface area contributed by atoms with Gasteiger partial charge in [-0.05, 0) is 30.7 Å². The molecule has 0 spiro atoms. The van der Waals surface area contributed by atoms with E-state index in [2.05, 4.69) is 4.99 Å². The number of hydrogen-bond donors (Lipinski definition) is 0. The quantitative estimate of drug-likeness (QED) is 0.488. The fourth-order valence-corrected chi connectivity index (χ4v) is 1.95. The van der Waals surface area contributed by atoms with Crippen molar-refractivity contribution in [3.8, 4) is 0 Å². The summed E-state index contributed by atoms with van der Waals surface area (Å²) in [5.74, 6) is 0. The van der Waals surface area contributed by atoms with Gasteiger partial charge in [-0.3, -0.25) is 15.1 Å². The van der Waals surface area contributed by atoms with Crippen LogP contribution in [0.25, 0.3) is 0 Å². The molecule has 2 rings (SSSR count). The molecule has 5 heteroatoms. The van der Waals surface area contributed by atoms with E-state index in [0.29, 0.717) is 11.3 Å². The maximum Gasteiger partial charge on any atom is 0.274 e. The Morgan fingerprint density at radius 2 is 1.81 bits per heavy atom. The predicted molar refractivity (Wildman–Crippen MR) is 85.9 cm³/mol. The van der Waals surface area contributed by atoms with Crippen molar-refractivity contribution < 1.29 is 4.92 Å². The number of rotatable bonds is 4. The van der Waals surface area contributed by atoms with E-state index in [1.54, 1.807) is 25.3 Å². The first-order valence-corrected chi connectivity index (χ1v) is 6.54. The van der Waals surface area contributed by atoms with Crippen LogP contribution in [0.2, 0.25) is 0 Å². The Morgan fingerprint density at radius 3 is 2.38 bits per heavy atom. The predicted octanol–water partition coefficient (Wildman–Crippen LogP) is 3.72. The van der Waals surface area contributed by atoms with E-state index in [-0.39, 0.29) is 10.6 Å². The van der Waals surface area contributed by atoms with Crippen LogP contribution in [0.15, 0.2) is 47.5 Å². The molecule has 0 unspecified atom stereocenters. The molecule has 21 heavy (non-hydrogen) atoms. The zero-order chi connectivity index (χ0) is 15.4. The summed E-state index contributed by atoms with van der Waals surface area (Å²) in [5, 5.41) is 10.9. The van der Waals surface area contributed by atoms with Gasteiger partial charge in [0.15, 0.2) is 0 Å². The first kappa shape index (κ1) is 14.7. The molecule has 0 atom stereocenters. The van der Waals surface area contributed by atoms with Crippen LogP contribution >= 0.6 is 0 Å². The van der Waals surface area contributed by atoms with Crippen molar-refractivity contribution in [1.29, 1.82) is 0 Å². The second-order valence-electron chi connectivity index (χ2n) is 4.92. The Bertz CT molecular complexity index is 676. The van der Waals surface area contributed by atoms with Crippen LogP contribution in [0.3, 0.4) is 0 Å². The van der Waals surface area contributed by atoms with Gasteiger partial charge in [0.2, 0.25) is 0 Å². The first-order chi connectivity index (χ1) is 9.99. The lowest BCUT2D eigenvalue weighted by Gasteiger charge is -2.11. The van der Waals surface area contributed by atoms with Crippen molar-refractivity contribution in [2.45, 2.75) is 6.92 Å². The molecule has 0 fully saturated rings. The van der Waals surface area contributed by atoms with Gasteiger partial charge in [0.1, 0.15) is 0 Å². The summed E-state index contributed by atoms with van der Waals surface area (Å²) in [6, 6.07) is 12.8. The normalized spacial score (nSPS) is 10.8. The van der Waals surface area contributed by atoms with Crippen molar-refractivity contribution in [3.63, 3.8) is 0 Å².